The Morgan fingerprint density at radius 3 is 1.90 bits per heavy atom. The van der Waals surface area contributed by atoms with Gasteiger partial charge in [0.25, 0.3) is 0 Å². The van der Waals surface area contributed by atoms with E-state index in [4.69, 9.17) is 12.8 Å². The van der Waals surface area contributed by atoms with Crippen molar-refractivity contribution < 1.29 is 4.79 Å². The highest BCUT2D eigenvalue weighted by Gasteiger charge is 1.92. The fraction of sp³-hybridized carbons (Fsp3) is 0.286. The summed E-state index contributed by atoms with van der Waals surface area (Å²) in [6, 6.07) is -0.337. The maximum Gasteiger partial charge on any atom is 0.316 e. The van der Waals surface area contributed by atoms with E-state index in [0.717, 1.165) is 0 Å². The van der Waals surface area contributed by atoms with E-state index in [1.54, 1.807) is 0 Å². The molecule has 0 saturated heterocycles. The molecule has 0 aliphatic heterocycles. The summed E-state index contributed by atoms with van der Waals surface area (Å²) >= 11 is 0. The first kappa shape index (κ1) is 8.39. The van der Waals surface area contributed by atoms with Gasteiger partial charge in [0.05, 0.1) is 13.1 Å². The SMILES string of the molecule is C#CCNC(=O)NCC#C. The lowest BCUT2D eigenvalue weighted by molar-refractivity contribution is 0.243. The molecule has 0 radical (unpaired) electrons. The van der Waals surface area contributed by atoms with Crippen molar-refractivity contribution >= 4 is 6.03 Å². The summed E-state index contributed by atoms with van der Waals surface area (Å²) in [5, 5.41) is 4.77. The number of nitrogens with one attached hydrogen (secondary N) is 2. The molecule has 0 aromatic rings. The third-order valence-corrected chi connectivity index (χ3v) is 0.702. The monoisotopic (exact) mass is 136 g/mol. The van der Waals surface area contributed by atoms with Gasteiger partial charge in [0, 0.05) is 0 Å². The average molecular weight is 136 g/mol. The van der Waals surface area contributed by atoms with E-state index in [2.05, 4.69) is 22.5 Å². The van der Waals surface area contributed by atoms with Crippen LogP contribution in [0.3, 0.4) is 0 Å². The molecule has 0 aromatic heterocycles. The van der Waals surface area contributed by atoms with E-state index in [9.17, 15) is 4.79 Å². The zero-order valence-corrected chi connectivity index (χ0v) is 5.48. The minimum Gasteiger partial charge on any atom is -0.327 e. The number of hydrogen-bond acceptors (Lipinski definition) is 1. The van der Waals surface area contributed by atoms with E-state index in [0.29, 0.717) is 0 Å². The molecule has 0 aliphatic carbocycles. The minimum absolute atomic E-state index is 0.219. The fourth-order valence-corrected chi connectivity index (χ4v) is 0.325. The highest BCUT2D eigenvalue weighted by atomic mass is 16.2. The predicted octanol–water partition coefficient (Wildman–Crippen LogP) is -0.448. The van der Waals surface area contributed by atoms with Crippen LogP contribution in [-0.4, -0.2) is 19.1 Å². The second kappa shape index (κ2) is 5.53. The van der Waals surface area contributed by atoms with E-state index >= 15 is 0 Å². The molecular formula is C7H8N2O. The van der Waals surface area contributed by atoms with E-state index in [1.807, 2.05) is 0 Å². The molecule has 0 fully saturated rings. The lowest BCUT2D eigenvalue weighted by Gasteiger charge is -1.99. The van der Waals surface area contributed by atoms with E-state index < -0.39 is 0 Å². The normalized spacial score (nSPS) is 7.00. The van der Waals surface area contributed by atoms with Crippen molar-refractivity contribution in [1.29, 1.82) is 0 Å². The molecule has 2 amide bonds. The number of terminal acetylenes is 2. The molecule has 0 heterocycles. The van der Waals surface area contributed by atoms with Gasteiger partial charge < -0.3 is 10.6 Å². The summed E-state index contributed by atoms with van der Waals surface area (Å²) in [7, 11) is 0. The zero-order valence-electron chi connectivity index (χ0n) is 5.48. The minimum atomic E-state index is -0.337. The smallest absolute Gasteiger partial charge is 0.316 e. The Balaban J connectivity index is 3.30. The van der Waals surface area contributed by atoms with Gasteiger partial charge in [0.1, 0.15) is 0 Å². The average Bonchev–Trinajstić information content (AvgIpc) is 1.97. The molecule has 0 atom stereocenters. The number of hydrogen-bond donors (Lipinski definition) is 2. The molecule has 0 aromatic carbocycles. The molecule has 2 N–H and O–H groups in total. The second-order valence-electron chi connectivity index (χ2n) is 1.44. The molecular weight excluding hydrogens is 128 g/mol. The Hall–Kier alpha value is -1.61. The van der Waals surface area contributed by atoms with Crippen LogP contribution in [0.5, 0.6) is 0 Å². The standard InChI is InChI=1S/C7H8N2O/c1-3-5-8-7(10)9-6-4-2/h1-2H,5-6H2,(H2,8,9,10). The first-order chi connectivity index (χ1) is 4.81. The van der Waals surface area contributed by atoms with Crippen LogP contribution in [0.2, 0.25) is 0 Å². The molecule has 0 saturated carbocycles. The Kier molecular flexibility index (Phi) is 4.64. The van der Waals surface area contributed by atoms with Crippen LogP contribution < -0.4 is 10.6 Å². The molecule has 3 nitrogen and oxygen atoms in total. The van der Waals surface area contributed by atoms with Gasteiger partial charge in [-0.2, -0.15) is 0 Å². The zero-order chi connectivity index (χ0) is 7.82. The molecule has 52 valence electrons. The summed E-state index contributed by atoms with van der Waals surface area (Å²) in [5.41, 5.74) is 0. The Morgan fingerprint density at radius 1 is 1.20 bits per heavy atom. The molecule has 0 spiro atoms. The third kappa shape index (κ3) is 4.55. The van der Waals surface area contributed by atoms with Crippen molar-refractivity contribution in [3.8, 4) is 24.7 Å². The Labute approximate surface area is 60.2 Å². The van der Waals surface area contributed by atoms with Gasteiger partial charge in [-0.15, -0.1) is 12.8 Å². The lowest BCUT2D eigenvalue weighted by Crippen LogP contribution is -2.35. The highest BCUT2D eigenvalue weighted by molar-refractivity contribution is 5.74. The summed E-state index contributed by atoms with van der Waals surface area (Å²) in [5.74, 6) is 4.50. The number of carbonyl (C=O) groups excluding carboxylic acids is 1. The largest absolute Gasteiger partial charge is 0.327 e. The van der Waals surface area contributed by atoms with Crippen molar-refractivity contribution in [3.05, 3.63) is 0 Å². The van der Waals surface area contributed by atoms with Crippen molar-refractivity contribution in [2.24, 2.45) is 0 Å². The molecule has 3 heteroatoms. The number of urea groups is 1. The quantitative estimate of drug-likeness (QED) is 0.496. The lowest BCUT2D eigenvalue weighted by atomic mass is 10.6. The van der Waals surface area contributed by atoms with Gasteiger partial charge in [-0.1, -0.05) is 11.8 Å². The van der Waals surface area contributed by atoms with Gasteiger partial charge in [-0.3, -0.25) is 0 Å². The second-order valence-corrected chi connectivity index (χ2v) is 1.44. The van der Waals surface area contributed by atoms with E-state index in [-0.39, 0.29) is 19.1 Å². The van der Waals surface area contributed by atoms with E-state index in [1.165, 1.54) is 0 Å². The molecule has 0 rings (SSSR count). The summed E-state index contributed by atoms with van der Waals surface area (Å²) in [6.45, 7) is 0.437. The number of rotatable bonds is 2. The van der Waals surface area contributed by atoms with Crippen LogP contribution in [0.4, 0.5) is 4.79 Å². The topological polar surface area (TPSA) is 41.1 Å². The van der Waals surface area contributed by atoms with Crippen LogP contribution in [-0.2, 0) is 0 Å². The van der Waals surface area contributed by atoms with Crippen molar-refractivity contribution in [1.82, 2.24) is 10.6 Å². The van der Waals surface area contributed by atoms with Crippen LogP contribution in [0, 0.1) is 24.7 Å². The van der Waals surface area contributed by atoms with Crippen LogP contribution in [0.25, 0.3) is 0 Å². The Morgan fingerprint density at radius 2 is 1.60 bits per heavy atom. The fourth-order valence-electron chi connectivity index (χ4n) is 0.325. The maximum absolute atomic E-state index is 10.5. The van der Waals surface area contributed by atoms with Gasteiger partial charge in [-0.05, 0) is 0 Å². The van der Waals surface area contributed by atoms with Crippen molar-refractivity contribution in [3.63, 3.8) is 0 Å². The maximum atomic E-state index is 10.5. The molecule has 0 aliphatic rings. The van der Waals surface area contributed by atoms with Gasteiger partial charge in [0.2, 0.25) is 0 Å². The predicted molar refractivity (Wildman–Crippen MR) is 39.1 cm³/mol. The van der Waals surface area contributed by atoms with Gasteiger partial charge in [-0.25, -0.2) is 4.79 Å². The Bertz CT molecular complexity index is 165. The van der Waals surface area contributed by atoms with Gasteiger partial charge in [0.15, 0.2) is 0 Å². The number of amides is 2. The third-order valence-electron chi connectivity index (χ3n) is 0.702. The van der Waals surface area contributed by atoms with Crippen LogP contribution in [0.15, 0.2) is 0 Å². The summed E-state index contributed by atoms with van der Waals surface area (Å²) < 4.78 is 0. The molecule has 0 unspecified atom stereocenters. The summed E-state index contributed by atoms with van der Waals surface area (Å²) in [6.07, 6.45) is 9.75. The van der Waals surface area contributed by atoms with Crippen molar-refractivity contribution in [2.75, 3.05) is 13.1 Å². The summed E-state index contributed by atoms with van der Waals surface area (Å²) in [4.78, 5) is 10.5. The molecule has 0 bridgehead atoms. The van der Waals surface area contributed by atoms with Crippen molar-refractivity contribution in [2.45, 2.75) is 0 Å². The van der Waals surface area contributed by atoms with Gasteiger partial charge >= 0.3 is 6.03 Å². The number of carbonyl (C=O) groups is 1. The van der Waals surface area contributed by atoms with Crippen LogP contribution in [0.1, 0.15) is 0 Å². The molecule has 10 heavy (non-hydrogen) atoms. The first-order valence-corrected chi connectivity index (χ1v) is 2.70. The highest BCUT2D eigenvalue weighted by Crippen LogP contribution is 1.61. The van der Waals surface area contributed by atoms with Crippen LogP contribution >= 0.6 is 0 Å². The first-order valence-electron chi connectivity index (χ1n) is 2.70.